The molecule has 0 bridgehead atoms. The van der Waals surface area contributed by atoms with E-state index in [-0.39, 0.29) is 10.9 Å². The van der Waals surface area contributed by atoms with E-state index in [2.05, 4.69) is 4.72 Å². The fourth-order valence-corrected chi connectivity index (χ4v) is 5.26. The standard InChI is InChI=1S/C14H21N3O4S/c1-13(2)11(15)14(3,4)12(13)16-22(20,21)10-8-6-5-7-9(10)17(18)19/h5-8,11-12,16H,15H2,1-4H3. The molecule has 0 aromatic heterocycles. The van der Waals surface area contributed by atoms with E-state index in [1.165, 1.54) is 24.3 Å². The Morgan fingerprint density at radius 2 is 1.68 bits per heavy atom. The van der Waals surface area contributed by atoms with Gasteiger partial charge in [0.1, 0.15) is 0 Å². The Labute approximate surface area is 130 Å². The van der Waals surface area contributed by atoms with E-state index >= 15 is 0 Å². The average Bonchev–Trinajstić information content (AvgIpc) is 2.43. The van der Waals surface area contributed by atoms with Crippen LogP contribution < -0.4 is 10.5 Å². The summed E-state index contributed by atoms with van der Waals surface area (Å²) in [5.74, 6) is 0. The number of nitrogens with two attached hydrogens (primary N) is 1. The van der Waals surface area contributed by atoms with Crippen molar-refractivity contribution in [3.8, 4) is 0 Å². The number of sulfonamides is 1. The summed E-state index contributed by atoms with van der Waals surface area (Å²) in [7, 11) is -4.01. The average molecular weight is 327 g/mol. The van der Waals surface area contributed by atoms with Crippen LogP contribution in [-0.4, -0.2) is 25.4 Å². The normalized spacial score (nSPS) is 26.2. The van der Waals surface area contributed by atoms with Crippen LogP contribution in [-0.2, 0) is 10.0 Å². The molecule has 122 valence electrons. The summed E-state index contributed by atoms with van der Waals surface area (Å²) >= 11 is 0. The molecule has 1 saturated carbocycles. The Kier molecular flexibility index (Phi) is 3.83. The van der Waals surface area contributed by atoms with Crippen LogP contribution in [0.5, 0.6) is 0 Å². The zero-order valence-corrected chi connectivity index (χ0v) is 13.8. The van der Waals surface area contributed by atoms with Gasteiger partial charge in [0.05, 0.1) is 4.92 Å². The molecule has 0 saturated heterocycles. The summed E-state index contributed by atoms with van der Waals surface area (Å²) in [6, 6.07) is 4.74. The van der Waals surface area contributed by atoms with Crippen LogP contribution in [0, 0.1) is 20.9 Å². The molecule has 3 N–H and O–H groups in total. The minimum Gasteiger partial charge on any atom is -0.327 e. The smallest absolute Gasteiger partial charge is 0.289 e. The molecule has 1 fully saturated rings. The van der Waals surface area contributed by atoms with E-state index in [4.69, 9.17) is 5.73 Å². The van der Waals surface area contributed by atoms with E-state index in [0.29, 0.717) is 0 Å². The highest BCUT2D eigenvalue weighted by atomic mass is 32.2. The fourth-order valence-electron chi connectivity index (χ4n) is 3.54. The van der Waals surface area contributed by atoms with Gasteiger partial charge in [0, 0.05) is 18.2 Å². The van der Waals surface area contributed by atoms with Gasteiger partial charge in [-0.1, -0.05) is 39.8 Å². The molecule has 0 radical (unpaired) electrons. The monoisotopic (exact) mass is 327 g/mol. The molecule has 2 rings (SSSR count). The lowest BCUT2D eigenvalue weighted by atomic mass is 9.49. The van der Waals surface area contributed by atoms with Crippen molar-refractivity contribution in [1.82, 2.24) is 4.72 Å². The molecule has 0 amide bonds. The quantitative estimate of drug-likeness (QED) is 0.644. The molecule has 22 heavy (non-hydrogen) atoms. The molecule has 1 aliphatic rings. The maximum atomic E-state index is 12.6. The molecular formula is C14H21N3O4S. The van der Waals surface area contributed by atoms with Crippen molar-refractivity contribution >= 4 is 15.7 Å². The van der Waals surface area contributed by atoms with E-state index < -0.39 is 37.5 Å². The lowest BCUT2D eigenvalue weighted by molar-refractivity contribution is -0.387. The highest BCUT2D eigenvalue weighted by Crippen LogP contribution is 2.53. The van der Waals surface area contributed by atoms with Crippen molar-refractivity contribution in [3.05, 3.63) is 34.4 Å². The van der Waals surface area contributed by atoms with Gasteiger partial charge in [-0.3, -0.25) is 10.1 Å². The lowest BCUT2D eigenvalue weighted by Gasteiger charge is -2.62. The number of nitro groups is 1. The van der Waals surface area contributed by atoms with E-state index in [9.17, 15) is 18.5 Å². The summed E-state index contributed by atoms with van der Waals surface area (Å²) in [4.78, 5) is 10.0. The van der Waals surface area contributed by atoms with Gasteiger partial charge in [-0.05, 0) is 16.9 Å². The number of nitro benzene ring substituents is 1. The molecule has 0 aliphatic heterocycles. The molecule has 0 unspecified atom stereocenters. The minimum atomic E-state index is -4.01. The van der Waals surface area contributed by atoms with Gasteiger partial charge in [-0.25, -0.2) is 13.1 Å². The van der Waals surface area contributed by atoms with Crippen LogP contribution in [0.2, 0.25) is 0 Å². The summed E-state index contributed by atoms with van der Waals surface area (Å²) in [6.45, 7) is 7.54. The van der Waals surface area contributed by atoms with Gasteiger partial charge >= 0.3 is 0 Å². The second-order valence-electron chi connectivity index (χ2n) is 6.90. The number of para-hydroxylation sites is 1. The SMILES string of the molecule is CC1(C)C(N)C(C)(C)C1NS(=O)(=O)c1ccccc1[N+](=O)[O-]. The number of nitrogens with zero attached hydrogens (tertiary/aromatic N) is 1. The van der Waals surface area contributed by atoms with Gasteiger partial charge in [0.15, 0.2) is 4.90 Å². The number of hydrogen-bond acceptors (Lipinski definition) is 5. The predicted molar refractivity (Wildman–Crippen MR) is 82.7 cm³/mol. The van der Waals surface area contributed by atoms with Gasteiger partial charge in [0.25, 0.3) is 5.69 Å². The third-order valence-corrected chi connectivity index (χ3v) is 6.19. The van der Waals surface area contributed by atoms with E-state index in [1.54, 1.807) is 0 Å². The van der Waals surface area contributed by atoms with Crippen molar-refractivity contribution in [2.45, 2.75) is 44.7 Å². The summed E-state index contributed by atoms with van der Waals surface area (Å²) in [5.41, 5.74) is 4.82. The first-order valence-corrected chi connectivity index (χ1v) is 8.42. The van der Waals surface area contributed by atoms with Crippen LogP contribution >= 0.6 is 0 Å². The molecule has 8 heteroatoms. The van der Waals surface area contributed by atoms with Crippen molar-refractivity contribution in [3.63, 3.8) is 0 Å². The molecular weight excluding hydrogens is 306 g/mol. The topological polar surface area (TPSA) is 115 Å². The highest BCUT2D eigenvalue weighted by molar-refractivity contribution is 7.89. The Bertz CT molecular complexity index is 697. The molecule has 1 aromatic carbocycles. The van der Waals surface area contributed by atoms with Crippen molar-refractivity contribution in [2.24, 2.45) is 16.6 Å². The molecule has 0 heterocycles. The second-order valence-corrected chi connectivity index (χ2v) is 8.58. The summed E-state index contributed by atoms with van der Waals surface area (Å²) in [5, 5.41) is 11.0. The van der Waals surface area contributed by atoms with Crippen LogP contribution in [0.3, 0.4) is 0 Å². The van der Waals surface area contributed by atoms with Gasteiger partial charge < -0.3 is 5.73 Å². The number of rotatable bonds is 4. The Morgan fingerprint density at radius 1 is 1.18 bits per heavy atom. The molecule has 7 nitrogen and oxygen atoms in total. The zero-order valence-electron chi connectivity index (χ0n) is 13.0. The molecule has 0 spiro atoms. The maximum absolute atomic E-state index is 12.6. The Balaban J connectivity index is 2.40. The first-order valence-electron chi connectivity index (χ1n) is 6.93. The Hall–Kier alpha value is -1.51. The Morgan fingerprint density at radius 3 is 2.18 bits per heavy atom. The van der Waals surface area contributed by atoms with E-state index in [1.807, 2.05) is 27.7 Å². The minimum absolute atomic E-state index is 0.168. The van der Waals surface area contributed by atoms with Crippen molar-refractivity contribution in [1.29, 1.82) is 0 Å². The molecule has 0 atom stereocenters. The summed E-state index contributed by atoms with van der Waals surface area (Å²) in [6.07, 6.45) is 0. The van der Waals surface area contributed by atoms with Crippen LogP contribution in [0.25, 0.3) is 0 Å². The first-order chi connectivity index (χ1) is 9.92. The van der Waals surface area contributed by atoms with Crippen molar-refractivity contribution in [2.75, 3.05) is 0 Å². The molecule has 1 aromatic rings. The third kappa shape index (κ3) is 2.41. The number of benzene rings is 1. The highest BCUT2D eigenvalue weighted by Gasteiger charge is 2.61. The summed E-state index contributed by atoms with van der Waals surface area (Å²) < 4.78 is 27.8. The maximum Gasteiger partial charge on any atom is 0.289 e. The molecule has 1 aliphatic carbocycles. The first kappa shape index (κ1) is 16.9. The van der Waals surface area contributed by atoms with Gasteiger partial charge in [-0.15, -0.1) is 0 Å². The zero-order chi connectivity index (χ0) is 16.9. The van der Waals surface area contributed by atoms with Gasteiger partial charge in [0.2, 0.25) is 10.0 Å². The van der Waals surface area contributed by atoms with Crippen LogP contribution in [0.4, 0.5) is 5.69 Å². The van der Waals surface area contributed by atoms with Crippen LogP contribution in [0.15, 0.2) is 29.2 Å². The predicted octanol–water partition coefficient (Wildman–Crippen LogP) is 1.64. The number of hydrogen-bond donors (Lipinski definition) is 2. The van der Waals surface area contributed by atoms with E-state index in [0.717, 1.165) is 0 Å². The lowest BCUT2D eigenvalue weighted by Crippen LogP contribution is -2.75. The van der Waals surface area contributed by atoms with Gasteiger partial charge in [-0.2, -0.15) is 0 Å². The largest absolute Gasteiger partial charge is 0.327 e. The van der Waals surface area contributed by atoms with Crippen molar-refractivity contribution < 1.29 is 13.3 Å². The van der Waals surface area contributed by atoms with Crippen LogP contribution in [0.1, 0.15) is 27.7 Å². The third-order valence-electron chi connectivity index (χ3n) is 4.72. The fraction of sp³-hybridized carbons (Fsp3) is 0.571. The number of nitrogens with one attached hydrogen (secondary N) is 1. The second kappa shape index (κ2) is 5.00.